The van der Waals surface area contributed by atoms with Crippen molar-refractivity contribution in [1.29, 1.82) is 0 Å². The summed E-state index contributed by atoms with van der Waals surface area (Å²) < 4.78 is 19.5. The van der Waals surface area contributed by atoms with Gasteiger partial charge in [0, 0.05) is 17.8 Å². The second kappa shape index (κ2) is 6.42. The van der Waals surface area contributed by atoms with Crippen LogP contribution >= 0.6 is 11.6 Å². The van der Waals surface area contributed by atoms with E-state index in [0.717, 1.165) is 16.7 Å². The monoisotopic (exact) mass is 331 g/mol. The van der Waals surface area contributed by atoms with Crippen LogP contribution in [0.2, 0.25) is 5.02 Å². The second-order valence-corrected chi connectivity index (χ2v) is 5.83. The summed E-state index contributed by atoms with van der Waals surface area (Å²) in [4.78, 5) is 12.2. The number of hydrogen-bond acceptors (Lipinski definition) is 2. The number of furan rings is 1. The maximum atomic E-state index is 13.8. The summed E-state index contributed by atoms with van der Waals surface area (Å²) in [5.41, 5.74) is 0.670. The zero-order chi connectivity index (χ0) is 16.4. The predicted molar refractivity (Wildman–Crippen MR) is 88.3 cm³/mol. The van der Waals surface area contributed by atoms with Gasteiger partial charge < -0.3 is 9.73 Å². The zero-order valence-electron chi connectivity index (χ0n) is 12.5. The van der Waals surface area contributed by atoms with Gasteiger partial charge in [-0.15, -0.1) is 0 Å². The van der Waals surface area contributed by atoms with Crippen LogP contribution in [0.25, 0.3) is 11.0 Å². The number of nitrogens with one attached hydrogen (secondary N) is 1. The molecule has 0 aliphatic rings. The number of benzene rings is 2. The Hall–Kier alpha value is -2.33. The highest BCUT2D eigenvalue weighted by molar-refractivity contribution is 6.33. The van der Waals surface area contributed by atoms with Gasteiger partial charge in [-0.05, 0) is 31.2 Å². The number of rotatable bonds is 4. The van der Waals surface area contributed by atoms with Gasteiger partial charge in [-0.3, -0.25) is 4.79 Å². The second-order valence-electron chi connectivity index (χ2n) is 5.43. The molecule has 0 saturated carbocycles. The average molecular weight is 332 g/mol. The lowest BCUT2D eigenvalue weighted by Gasteiger charge is -2.13. The quantitative estimate of drug-likeness (QED) is 0.760. The summed E-state index contributed by atoms with van der Waals surface area (Å²) in [6.07, 6.45) is 0.506. The molecule has 0 unspecified atom stereocenters. The Morgan fingerprint density at radius 3 is 2.78 bits per heavy atom. The van der Waals surface area contributed by atoms with Gasteiger partial charge in [0.1, 0.15) is 17.2 Å². The van der Waals surface area contributed by atoms with Gasteiger partial charge in [0.25, 0.3) is 5.91 Å². The number of carbonyl (C=O) groups excluding carboxylic acids is 1. The summed E-state index contributed by atoms with van der Waals surface area (Å²) in [5, 5.41) is 3.86. The summed E-state index contributed by atoms with van der Waals surface area (Å²) in [6, 6.07) is 13.6. The number of amides is 1. The fraction of sp³-hybridized carbons (Fsp3) is 0.167. The van der Waals surface area contributed by atoms with E-state index < -0.39 is 11.7 Å². The van der Waals surface area contributed by atoms with E-state index in [4.69, 9.17) is 16.0 Å². The van der Waals surface area contributed by atoms with Crippen LogP contribution in [0.15, 0.2) is 52.9 Å². The Labute approximate surface area is 138 Å². The highest BCUT2D eigenvalue weighted by Gasteiger charge is 2.18. The van der Waals surface area contributed by atoms with Gasteiger partial charge in [-0.2, -0.15) is 0 Å². The van der Waals surface area contributed by atoms with Crippen molar-refractivity contribution in [3.63, 3.8) is 0 Å². The molecule has 1 aromatic heterocycles. The van der Waals surface area contributed by atoms with Gasteiger partial charge in [-0.1, -0.05) is 35.9 Å². The number of para-hydroxylation sites is 1. The van der Waals surface area contributed by atoms with E-state index in [1.54, 1.807) is 0 Å². The van der Waals surface area contributed by atoms with Crippen molar-refractivity contribution in [2.75, 3.05) is 0 Å². The van der Waals surface area contributed by atoms with Crippen molar-refractivity contribution < 1.29 is 13.6 Å². The molecule has 2 aromatic carbocycles. The first-order valence-corrected chi connectivity index (χ1v) is 7.64. The highest BCUT2D eigenvalue weighted by atomic mass is 35.5. The van der Waals surface area contributed by atoms with Crippen LogP contribution in [0.5, 0.6) is 0 Å². The minimum Gasteiger partial charge on any atom is -0.461 e. The summed E-state index contributed by atoms with van der Waals surface area (Å²) in [6.45, 7) is 1.83. The first kappa shape index (κ1) is 15.6. The molecule has 1 N–H and O–H groups in total. The molecule has 3 nitrogen and oxygen atoms in total. The standard InChI is InChI=1S/C18H15ClFNO2/c1-11(9-13-10-12-5-2-3-8-16(12)23-13)21-18(22)17-14(19)6-4-7-15(17)20/h2-8,10-11H,9H2,1H3,(H,21,22)/t11-/m0/s1. The minimum atomic E-state index is -0.633. The molecule has 0 saturated heterocycles. The maximum absolute atomic E-state index is 13.8. The van der Waals surface area contributed by atoms with Crippen molar-refractivity contribution in [2.45, 2.75) is 19.4 Å². The van der Waals surface area contributed by atoms with Gasteiger partial charge in [0.15, 0.2) is 0 Å². The van der Waals surface area contributed by atoms with Gasteiger partial charge >= 0.3 is 0 Å². The van der Waals surface area contributed by atoms with Crippen LogP contribution in [0, 0.1) is 5.82 Å². The molecule has 1 amide bonds. The third-order valence-electron chi connectivity index (χ3n) is 3.55. The molecule has 0 spiro atoms. The Morgan fingerprint density at radius 2 is 2.04 bits per heavy atom. The predicted octanol–water partition coefficient (Wildman–Crippen LogP) is 4.59. The summed E-state index contributed by atoms with van der Waals surface area (Å²) in [7, 11) is 0. The van der Waals surface area contributed by atoms with Crippen LogP contribution < -0.4 is 5.32 Å². The molecule has 1 heterocycles. The molecule has 3 rings (SSSR count). The zero-order valence-corrected chi connectivity index (χ0v) is 13.2. The maximum Gasteiger partial charge on any atom is 0.256 e. The molecule has 0 aliphatic carbocycles. The third kappa shape index (κ3) is 3.37. The molecular weight excluding hydrogens is 317 g/mol. The van der Waals surface area contributed by atoms with Crippen molar-refractivity contribution in [3.05, 3.63) is 70.7 Å². The lowest BCUT2D eigenvalue weighted by atomic mass is 10.1. The molecule has 0 bridgehead atoms. The van der Waals surface area contributed by atoms with Crippen LogP contribution in [0.1, 0.15) is 23.0 Å². The van der Waals surface area contributed by atoms with Crippen LogP contribution in [0.3, 0.4) is 0 Å². The summed E-state index contributed by atoms with van der Waals surface area (Å²) in [5.74, 6) is -0.402. The molecule has 3 aromatic rings. The van der Waals surface area contributed by atoms with E-state index in [0.29, 0.717) is 6.42 Å². The first-order valence-electron chi connectivity index (χ1n) is 7.27. The van der Waals surface area contributed by atoms with Crippen LogP contribution in [-0.4, -0.2) is 11.9 Å². The number of hydrogen-bond donors (Lipinski definition) is 1. The first-order chi connectivity index (χ1) is 11.0. The highest BCUT2D eigenvalue weighted by Crippen LogP contribution is 2.21. The largest absolute Gasteiger partial charge is 0.461 e. The van der Waals surface area contributed by atoms with Crippen molar-refractivity contribution >= 4 is 28.5 Å². The molecule has 118 valence electrons. The smallest absolute Gasteiger partial charge is 0.256 e. The average Bonchev–Trinajstić information content (AvgIpc) is 2.88. The fourth-order valence-electron chi connectivity index (χ4n) is 2.50. The normalized spacial score (nSPS) is 12.3. The Kier molecular flexibility index (Phi) is 4.35. The number of halogens is 2. The Bertz CT molecular complexity index is 806. The molecule has 5 heteroatoms. The minimum absolute atomic E-state index is 0.0958. The molecule has 23 heavy (non-hydrogen) atoms. The van der Waals surface area contributed by atoms with Crippen LogP contribution in [0.4, 0.5) is 4.39 Å². The van der Waals surface area contributed by atoms with Gasteiger partial charge in [0.05, 0.1) is 10.6 Å². The molecule has 0 fully saturated rings. The van der Waals surface area contributed by atoms with E-state index >= 15 is 0 Å². The topological polar surface area (TPSA) is 42.2 Å². The SMILES string of the molecule is C[C@@H](Cc1cc2ccccc2o1)NC(=O)c1c(F)cccc1Cl. The molecule has 1 atom stereocenters. The number of carbonyl (C=O) groups is 1. The van der Waals surface area contributed by atoms with E-state index in [2.05, 4.69) is 5.32 Å². The van der Waals surface area contributed by atoms with Gasteiger partial charge in [-0.25, -0.2) is 4.39 Å². The lowest BCUT2D eigenvalue weighted by Crippen LogP contribution is -2.34. The lowest BCUT2D eigenvalue weighted by molar-refractivity contribution is 0.0935. The Balaban J connectivity index is 1.71. The summed E-state index contributed by atoms with van der Waals surface area (Å²) >= 11 is 5.90. The van der Waals surface area contributed by atoms with E-state index in [9.17, 15) is 9.18 Å². The van der Waals surface area contributed by atoms with E-state index in [-0.39, 0.29) is 16.6 Å². The Morgan fingerprint density at radius 1 is 1.26 bits per heavy atom. The van der Waals surface area contributed by atoms with Crippen LogP contribution in [-0.2, 0) is 6.42 Å². The van der Waals surface area contributed by atoms with E-state index in [1.807, 2.05) is 37.3 Å². The van der Waals surface area contributed by atoms with E-state index in [1.165, 1.54) is 18.2 Å². The van der Waals surface area contributed by atoms with Crippen molar-refractivity contribution in [3.8, 4) is 0 Å². The van der Waals surface area contributed by atoms with Gasteiger partial charge in [0.2, 0.25) is 0 Å². The fourth-order valence-corrected chi connectivity index (χ4v) is 2.75. The van der Waals surface area contributed by atoms with Crippen molar-refractivity contribution in [1.82, 2.24) is 5.32 Å². The third-order valence-corrected chi connectivity index (χ3v) is 3.87. The molecule has 0 radical (unpaired) electrons. The molecule has 0 aliphatic heterocycles. The molecular formula is C18H15ClFNO2. The number of fused-ring (bicyclic) bond motifs is 1. The van der Waals surface area contributed by atoms with Crippen molar-refractivity contribution in [2.24, 2.45) is 0 Å².